The number of hydrogen-bond acceptors (Lipinski definition) is 5. The van der Waals surface area contributed by atoms with Gasteiger partial charge in [-0.3, -0.25) is 4.90 Å². The number of aromatic nitrogens is 1. The van der Waals surface area contributed by atoms with Crippen LogP contribution >= 0.6 is 24.0 Å². The molecule has 1 saturated heterocycles. The van der Waals surface area contributed by atoms with Crippen molar-refractivity contribution in [3.8, 4) is 5.88 Å². The number of guanidine groups is 1. The first-order valence-corrected chi connectivity index (χ1v) is 9.22. The summed E-state index contributed by atoms with van der Waals surface area (Å²) in [6, 6.07) is 3.93. The summed E-state index contributed by atoms with van der Waals surface area (Å²) in [6.45, 7) is 11.7. The molecule has 1 fully saturated rings. The van der Waals surface area contributed by atoms with E-state index in [9.17, 15) is 0 Å². The van der Waals surface area contributed by atoms with Gasteiger partial charge < -0.3 is 20.1 Å². The van der Waals surface area contributed by atoms with E-state index in [0.717, 1.165) is 63.9 Å². The van der Waals surface area contributed by atoms with Crippen molar-refractivity contribution in [1.82, 2.24) is 20.5 Å². The Balaban J connectivity index is 0.00000338. The number of rotatable bonds is 9. The molecule has 148 valence electrons. The van der Waals surface area contributed by atoms with E-state index < -0.39 is 0 Å². The van der Waals surface area contributed by atoms with Crippen LogP contribution < -0.4 is 15.4 Å². The van der Waals surface area contributed by atoms with Gasteiger partial charge in [-0.1, -0.05) is 13.0 Å². The van der Waals surface area contributed by atoms with E-state index in [2.05, 4.69) is 39.4 Å². The van der Waals surface area contributed by atoms with Crippen LogP contribution in [0.25, 0.3) is 0 Å². The van der Waals surface area contributed by atoms with Gasteiger partial charge in [0.15, 0.2) is 5.96 Å². The average molecular weight is 477 g/mol. The average Bonchev–Trinajstić information content (AvgIpc) is 2.66. The van der Waals surface area contributed by atoms with Crippen LogP contribution in [0.5, 0.6) is 5.88 Å². The highest BCUT2D eigenvalue weighted by atomic mass is 127. The van der Waals surface area contributed by atoms with E-state index >= 15 is 0 Å². The molecule has 1 aliphatic rings. The Morgan fingerprint density at radius 1 is 1.31 bits per heavy atom. The molecule has 0 atom stereocenters. The van der Waals surface area contributed by atoms with E-state index in [1.165, 1.54) is 0 Å². The van der Waals surface area contributed by atoms with Crippen LogP contribution in [-0.4, -0.2) is 68.4 Å². The molecule has 1 aromatic rings. The van der Waals surface area contributed by atoms with Crippen LogP contribution in [0.4, 0.5) is 0 Å². The Morgan fingerprint density at radius 3 is 2.85 bits per heavy atom. The highest BCUT2D eigenvalue weighted by molar-refractivity contribution is 14.0. The van der Waals surface area contributed by atoms with Gasteiger partial charge in [0.2, 0.25) is 5.88 Å². The fraction of sp³-hybridized carbons (Fsp3) is 0.667. The van der Waals surface area contributed by atoms with E-state index in [4.69, 9.17) is 9.47 Å². The predicted octanol–water partition coefficient (Wildman–Crippen LogP) is 1.88. The molecule has 2 heterocycles. The lowest BCUT2D eigenvalue weighted by Gasteiger charge is -2.26. The van der Waals surface area contributed by atoms with E-state index in [1.807, 2.05) is 12.1 Å². The first-order chi connectivity index (χ1) is 12.3. The molecule has 0 aromatic carbocycles. The van der Waals surface area contributed by atoms with Crippen molar-refractivity contribution in [2.75, 3.05) is 52.5 Å². The summed E-state index contributed by atoms with van der Waals surface area (Å²) in [5.41, 5.74) is 1.00. The summed E-state index contributed by atoms with van der Waals surface area (Å²) in [4.78, 5) is 11.4. The largest absolute Gasteiger partial charge is 0.477 e. The maximum absolute atomic E-state index is 5.70. The second-order valence-corrected chi connectivity index (χ2v) is 5.89. The van der Waals surface area contributed by atoms with Crippen molar-refractivity contribution in [3.63, 3.8) is 0 Å². The molecule has 1 aliphatic heterocycles. The predicted molar refractivity (Wildman–Crippen MR) is 116 cm³/mol. The second-order valence-electron chi connectivity index (χ2n) is 5.89. The molecule has 0 unspecified atom stereocenters. The summed E-state index contributed by atoms with van der Waals surface area (Å²) < 4.78 is 11.1. The van der Waals surface area contributed by atoms with Crippen molar-refractivity contribution < 1.29 is 9.47 Å². The first kappa shape index (κ1) is 22.9. The van der Waals surface area contributed by atoms with Gasteiger partial charge in [0.1, 0.15) is 0 Å². The van der Waals surface area contributed by atoms with Crippen molar-refractivity contribution >= 4 is 29.9 Å². The zero-order valence-corrected chi connectivity index (χ0v) is 18.2. The minimum absolute atomic E-state index is 0. The third-order valence-electron chi connectivity index (χ3n) is 3.87. The summed E-state index contributed by atoms with van der Waals surface area (Å²) >= 11 is 0. The third kappa shape index (κ3) is 8.50. The minimum atomic E-state index is 0. The normalized spacial score (nSPS) is 15.2. The first-order valence-electron chi connectivity index (χ1n) is 9.22. The molecule has 2 rings (SSSR count). The highest BCUT2D eigenvalue weighted by Gasteiger charge is 2.10. The molecule has 0 spiro atoms. The van der Waals surface area contributed by atoms with Crippen molar-refractivity contribution in [3.05, 3.63) is 23.9 Å². The second kappa shape index (κ2) is 14.0. The highest BCUT2D eigenvalue weighted by Crippen LogP contribution is 2.15. The van der Waals surface area contributed by atoms with Crippen LogP contribution in [-0.2, 0) is 11.3 Å². The Morgan fingerprint density at radius 2 is 2.12 bits per heavy atom. The van der Waals surface area contributed by atoms with Crippen molar-refractivity contribution in [2.24, 2.45) is 4.99 Å². The van der Waals surface area contributed by atoms with Gasteiger partial charge in [-0.05, 0) is 19.4 Å². The van der Waals surface area contributed by atoms with Crippen LogP contribution in [0.2, 0.25) is 0 Å². The molecule has 0 aliphatic carbocycles. The SMILES string of the molecule is CCCOc1ncccc1CN=C(NCC)NCCN1CCOCC1.I. The van der Waals surface area contributed by atoms with Crippen molar-refractivity contribution in [1.29, 1.82) is 0 Å². The standard InChI is InChI=1S/C18H31N5O2.HI/c1-3-12-25-17-16(6-5-7-20-17)15-22-18(19-4-2)21-8-9-23-10-13-24-14-11-23;/h5-7H,3-4,8-15H2,1-2H3,(H2,19,21,22);1H. The summed E-state index contributed by atoms with van der Waals surface area (Å²) in [6.07, 6.45) is 2.72. The van der Waals surface area contributed by atoms with Crippen LogP contribution in [0.3, 0.4) is 0 Å². The van der Waals surface area contributed by atoms with Gasteiger partial charge in [0.05, 0.1) is 26.4 Å². The van der Waals surface area contributed by atoms with E-state index in [0.29, 0.717) is 19.0 Å². The molecule has 0 radical (unpaired) electrons. The maximum Gasteiger partial charge on any atom is 0.218 e. The number of hydrogen-bond donors (Lipinski definition) is 2. The summed E-state index contributed by atoms with van der Waals surface area (Å²) in [5.74, 6) is 1.50. The molecule has 26 heavy (non-hydrogen) atoms. The third-order valence-corrected chi connectivity index (χ3v) is 3.87. The molecule has 7 nitrogen and oxygen atoms in total. The van der Waals surface area contributed by atoms with Crippen LogP contribution in [0, 0.1) is 0 Å². The molecule has 0 amide bonds. The maximum atomic E-state index is 5.70. The Bertz CT molecular complexity index is 524. The van der Waals surface area contributed by atoms with Gasteiger partial charge in [-0.25, -0.2) is 9.98 Å². The lowest BCUT2D eigenvalue weighted by molar-refractivity contribution is 0.0389. The molecular formula is C18H32IN5O2. The molecule has 8 heteroatoms. The number of nitrogens with zero attached hydrogens (tertiary/aromatic N) is 3. The molecule has 2 N–H and O–H groups in total. The van der Waals surface area contributed by atoms with E-state index in [1.54, 1.807) is 6.20 Å². The topological polar surface area (TPSA) is 71.0 Å². The zero-order chi connectivity index (χ0) is 17.7. The molecule has 0 saturated carbocycles. The quantitative estimate of drug-likeness (QED) is 0.322. The van der Waals surface area contributed by atoms with Gasteiger partial charge in [-0.15, -0.1) is 24.0 Å². The van der Waals surface area contributed by atoms with Gasteiger partial charge in [0, 0.05) is 44.5 Å². The Hall–Kier alpha value is -1.13. The lowest BCUT2D eigenvalue weighted by atomic mass is 10.3. The fourth-order valence-electron chi connectivity index (χ4n) is 2.54. The smallest absolute Gasteiger partial charge is 0.218 e. The summed E-state index contributed by atoms with van der Waals surface area (Å²) in [5, 5.41) is 6.68. The number of pyridine rings is 1. The number of nitrogens with one attached hydrogen (secondary N) is 2. The number of aliphatic imine (C=N–C) groups is 1. The molecule has 1 aromatic heterocycles. The summed E-state index contributed by atoms with van der Waals surface area (Å²) in [7, 11) is 0. The Kier molecular flexibility index (Phi) is 12.3. The Labute approximate surface area is 174 Å². The number of ether oxygens (including phenoxy) is 2. The van der Waals surface area contributed by atoms with Crippen LogP contribution in [0.1, 0.15) is 25.8 Å². The van der Waals surface area contributed by atoms with Gasteiger partial charge >= 0.3 is 0 Å². The number of halogens is 1. The monoisotopic (exact) mass is 477 g/mol. The van der Waals surface area contributed by atoms with Gasteiger partial charge in [0.25, 0.3) is 0 Å². The number of morpholine rings is 1. The van der Waals surface area contributed by atoms with Crippen LogP contribution in [0.15, 0.2) is 23.3 Å². The zero-order valence-electron chi connectivity index (χ0n) is 15.9. The fourth-order valence-corrected chi connectivity index (χ4v) is 2.54. The molecule has 0 bridgehead atoms. The minimum Gasteiger partial charge on any atom is -0.477 e. The molecular weight excluding hydrogens is 445 g/mol. The van der Waals surface area contributed by atoms with Gasteiger partial charge in [-0.2, -0.15) is 0 Å². The lowest BCUT2D eigenvalue weighted by Crippen LogP contribution is -2.44. The van der Waals surface area contributed by atoms with E-state index in [-0.39, 0.29) is 24.0 Å². The van der Waals surface area contributed by atoms with Crippen molar-refractivity contribution in [2.45, 2.75) is 26.8 Å².